The van der Waals surface area contributed by atoms with Gasteiger partial charge < -0.3 is 10.6 Å². The molecule has 190 valence electrons. The second-order valence-corrected chi connectivity index (χ2v) is 8.41. The van der Waals surface area contributed by atoms with Crippen molar-refractivity contribution in [1.29, 1.82) is 0 Å². The molecule has 0 atom stereocenters. The number of halogens is 2. The van der Waals surface area contributed by atoms with Gasteiger partial charge in [0.2, 0.25) is 11.8 Å². The summed E-state index contributed by atoms with van der Waals surface area (Å²) in [5, 5.41) is 5.49. The van der Waals surface area contributed by atoms with Crippen LogP contribution in [0.4, 0.5) is 20.2 Å². The van der Waals surface area contributed by atoms with Crippen molar-refractivity contribution in [2.24, 2.45) is 0 Å². The Labute approximate surface area is 210 Å². The number of fused-ring (bicyclic) bond motifs is 1. The number of hydrogen-bond acceptors (Lipinski definition) is 4. The van der Waals surface area contributed by atoms with E-state index in [2.05, 4.69) is 10.6 Å². The molecule has 3 aromatic carbocycles. The summed E-state index contributed by atoms with van der Waals surface area (Å²) >= 11 is 0. The molecule has 2 amide bonds. The number of aromatic nitrogens is 2. The summed E-state index contributed by atoms with van der Waals surface area (Å²) in [5.74, 6) is -1.75. The largest absolute Gasteiger partial charge is 0.331 e. The number of nitrogens with zero attached hydrogens (tertiary/aromatic N) is 2. The van der Waals surface area contributed by atoms with Crippen molar-refractivity contribution in [1.82, 2.24) is 9.13 Å². The SMILES string of the molecule is O=C(CCCCn1c(=O)c2ccccc2n(CC(=O)Nc2cccc(F)c2)c1=O)Nc1ccc(F)cc1. The van der Waals surface area contributed by atoms with Crippen LogP contribution >= 0.6 is 0 Å². The Kier molecular flexibility index (Phi) is 7.87. The summed E-state index contributed by atoms with van der Waals surface area (Å²) < 4.78 is 28.7. The van der Waals surface area contributed by atoms with Crippen molar-refractivity contribution in [2.75, 3.05) is 10.6 Å². The maximum Gasteiger partial charge on any atom is 0.331 e. The van der Waals surface area contributed by atoms with Crippen LogP contribution in [-0.4, -0.2) is 20.9 Å². The minimum absolute atomic E-state index is 0.0534. The minimum Gasteiger partial charge on any atom is -0.326 e. The van der Waals surface area contributed by atoms with Crippen LogP contribution in [0.5, 0.6) is 0 Å². The van der Waals surface area contributed by atoms with Gasteiger partial charge in [-0.05, 0) is 67.4 Å². The molecule has 10 heteroatoms. The summed E-state index contributed by atoms with van der Waals surface area (Å²) in [7, 11) is 0. The zero-order valence-corrected chi connectivity index (χ0v) is 19.7. The van der Waals surface area contributed by atoms with Crippen molar-refractivity contribution in [3.63, 3.8) is 0 Å². The van der Waals surface area contributed by atoms with E-state index in [1.165, 1.54) is 47.0 Å². The predicted octanol–water partition coefficient (Wildman–Crippen LogP) is 3.89. The van der Waals surface area contributed by atoms with Crippen molar-refractivity contribution in [3.8, 4) is 0 Å². The van der Waals surface area contributed by atoms with Gasteiger partial charge in [-0.2, -0.15) is 0 Å². The Morgan fingerprint density at radius 2 is 1.46 bits per heavy atom. The Hall–Kier alpha value is -4.60. The normalized spacial score (nSPS) is 10.9. The van der Waals surface area contributed by atoms with E-state index in [4.69, 9.17) is 0 Å². The molecule has 0 spiro atoms. The molecular formula is C27H24F2N4O4. The minimum atomic E-state index is -0.658. The topological polar surface area (TPSA) is 102 Å². The van der Waals surface area contributed by atoms with Crippen molar-refractivity contribution < 1.29 is 18.4 Å². The summed E-state index contributed by atoms with van der Waals surface area (Å²) in [4.78, 5) is 51.0. The highest BCUT2D eigenvalue weighted by atomic mass is 19.1. The van der Waals surface area contributed by atoms with Crippen LogP contribution in [0.3, 0.4) is 0 Å². The molecule has 0 saturated carbocycles. The molecule has 1 heterocycles. The molecule has 4 aromatic rings. The Bertz CT molecular complexity index is 1560. The summed E-state index contributed by atoms with van der Waals surface area (Å²) in [6, 6.07) is 17.2. The Balaban J connectivity index is 1.46. The lowest BCUT2D eigenvalue weighted by molar-refractivity contribution is -0.117. The number of hydrogen-bond donors (Lipinski definition) is 2. The number of rotatable bonds is 9. The van der Waals surface area contributed by atoms with Crippen LogP contribution in [0.25, 0.3) is 10.9 Å². The molecule has 8 nitrogen and oxygen atoms in total. The van der Waals surface area contributed by atoms with E-state index in [1.54, 1.807) is 24.3 Å². The average molecular weight is 507 g/mol. The number of carbonyl (C=O) groups is 2. The molecule has 0 radical (unpaired) electrons. The monoisotopic (exact) mass is 506 g/mol. The van der Waals surface area contributed by atoms with Crippen molar-refractivity contribution >= 4 is 34.1 Å². The van der Waals surface area contributed by atoms with Gasteiger partial charge in [-0.25, -0.2) is 13.6 Å². The lowest BCUT2D eigenvalue weighted by Crippen LogP contribution is -2.41. The van der Waals surface area contributed by atoms with Gasteiger partial charge in [-0.3, -0.25) is 23.5 Å². The molecule has 0 aliphatic rings. The number of amides is 2. The highest BCUT2D eigenvalue weighted by Gasteiger charge is 2.15. The van der Waals surface area contributed by atoms with E-state index in [-0.39, 0.29) is 36.5 Å². The molecule has 4 rings (SSSR count). The Morgan fingerprint density at radius 3 is 2.22 bits per heavy atom. The standard InChI is InChI=1S/C27H24F2N4O4/c28-18-11-13-20(14-12-18)30-24(34)10-3-4-15-32-26(36)22-8-1-2-9-23(22)33(27(32)37)17-25(35)31-21-7-5-6-19(29)16-21/h1-2,5-9,11-14,16H,3-4,10,15,17H2,(H,30,34)(H,31,35). The fraction of sp³-hybridized carbons (Fsp3) is 0.185. The van der Waals surface area contributed by atoms with E-state index < -0.39 is 28.8 Å². The molecular weight excluding hydrogens is 482 g/mol. The molecule has 0 unspecified atom stereocenters. The Morgan fingerprint density at radius 1 is 0.730 bits per heavy atom. The summed E-state index contributed by atoms with van der Waals surface area (Å²) in [6.45, 7) is -0.325. The van der Waals surface area contributed by atoms with E-state index in [0.717, 1.165) is 10.6 Å². The fourth-order valence-corrected chi connectivity index (χ4v) is 3.94. The highest BCUT2D eigenvalue weighted by Crippen LogP contribution is 2.12. The van der Waals surface area contributed by atoms with Gasteiger partial charge >= 0.3 is 5.69 Å². The van der Waals surface area contributed by atoms with Gasteiger partial charge in [0.15, 0.2) is 0 Å². The van der Waals surface area contributed by atoms with E-state index in [0.29, 0.717) is 24.0 Å². The van der Waals surface area contributed by atoms with Gasteiger partial charge in [0, 0.05) is 24.3 Å². The molecule has 2 N–H and O–H groups in total. The number of para-hydroxylation sites is 1. The number of carbonyl (C=O) groups excluding carboxylic acids is 2. The average Bonchev–Trinajstić information content (AvgIpc) is 2.87. The third-order valence-electron chi connectivity index (χ3n) is 5.71. The van der Waals surface area contributed by atoms with Crippen molar-refractivity contribution in [2.45, 2.75) is 32.4 Å². The lowest BCUT2D eigenvalue weighted by Gasteiger charge is -2.14. The highest BCUT2D eigenvalue weighted by molar-refractivity contribution is 5.92. The maximum atomic E-state index is 13.5. The third kappa shape index (κ3) is 6.35. The maximum absolute atomic E-state index is 13.5. The first-order chi connectivity index (χ1) is 17.8. The van der Waals surface area contributed by atoms with Gasteiger partial charge in [-0.15, -0.1) is 0 Å². The molecule has 0 fully saturated rings. The molecule has 0 saturated heterocycles. The summed E-state index contributed by atoms with van der Waals surface area (Å²) in [5.41, 5.74) is -0.125. The predicted molar refractivity (Wildman–Crippen MR) is 136 cm³/mol. The van der Waals surface area contributed by atoms with Gasteiger partial charge in [-0.1, -0.05) is 18.2 Å². The first-order valence-electron chi connectivity index (χ1n) is 11.6. The van der Waals surface area contributed by atoms with Crippen LogP contribution in [0.15, 0.2) is 82.4 Å². The van der Waals surface area contributed by atoms with E-state index in [1.807, 2.05) is 0 Å². The molecule has 0 bridgehead atoms. The fourth-order valence-electron chi connectivity index (χ4n) is 3.94. The van der Waals surface area contributed by atoms with Crippen LogP contribution in [0, 0.1) is 11.6 Å². The van der Waals surface area contributed by atoms with Gasteiger partial charge in [0.05, 0.1) is 10.9 Å². The smallest absolute Gasteiger partial charge is 0.326 e. The van der Waals surface area contributed by atoms with Crippen LogP contribution in [0.2, 0.25) is 0 Å². The second-order valence-electron chi connectivity index (χ2n) is 8.41. The van der Waals surface area contributed by atoms with Gasteiger partial charge in [0.25, 0.3) is 5.56 Å². The number of unbranched alkanes of at least 4 members (excludes halogenated alkanes) is 1. The number of nitrogens with one attached hydrogen (secondary N) is 2. The summed E-state index contributed by atoms with van der Waals surface area (Å²) in [6.07, 6.45) is 0.898. The van der Waals surface area contributed by atoms with Gasteiger partial charge in [0.1, 0.15) is 18.2 Å². The molecule has 1 aromatic heterocycles. The number of anilines is 2. The van der Waals surface area contributed by atoms with Crippen molar-refractivity contribution in [3.05, 3.63) is 105 Å². The zero-order chi connectivity index (χ0) is 26.4. The van der Waals surface area contributed by atoms with Crippen LogP contribution < -0.4 is 21.9 Å². The zero-order valence-electron chi connectivity index (χ0n) is 19.7. The molecule has 0 aliphatic carbocycles. The van der Waals surface area contributed by atoms with E-state index >= 15 is 0 Å². The third-order valence-corrected chi connectivity index (χ3v) is 5.71. The first-order valence-corrected chi connectivity index (χ1v) is 11.6. The van der Waals surface area contributed by atoms with Crippen LogP contribution in [0.1, 0.15) is 19.3 Å². The van der Waals surface area contributed by atoms with E-state index in [9.17, 15) is 28.0 Å². The quantitative estimate of drug-likeness (QED) is 0.336. The number of benzene rings is 3. The molecule has 37 heavy (non-hydrogen) atoms. The second kappa shape index (κ2) is 11.4. The first kappa shape index (κ1) is 25.5. The lowest BCUT2D eigenvalue weighted by atomic mass is 10.2. The molecule has 0 aliphatic heterocycles. The van der Waals surface area contributed by atoms with Crippen LogP contribution in [-0.2, 0) is 22.7 Å².